The van der Waals surface area contributed by atoms with Crippen LogP contribution in [0, 0.1) is 29.1 Å². The molecule has 3 heteroatoms. The molecule has 0 radical (unpaired) electrons. The summed E-state index contributed by atoms with van der Waals surface area (Å²) in [6.07, 6.45) is 5.49. The van der Waals surface area contributed by atoms with Crippen LogP contribution in [-0.2, 0) is 4.79 Å². The van der Waals surface area contributed by atoms with E-state index in [2.05, 4.69) is 17.9 Å². The maximum absolute atomic E-state index is 11.8. The summed E-state index contributed by atoms with van der Waals surface area (Å²) >= 11 is 0. The fourth-order valence-electron chi connectivity index (χ4n) is 3.76. The zero-order valence-electron chi connectivity index (χ0n) is 11.6. The molecule has 1 aliphatic carbocycles. The molecule has 0 aromatic carbocycles. The van der Waals surface area contributed by atoms with Crippen molar-refractivity contribution in [2.45, 2.75) is 52.0 Å². The average Bonchev–Trinajstić information content (AvgIpc) is 2.74. The van der Waals surface area contributed by atoms with Gasteiger partial charge < -0.3 is 0 Å². The van der Waals surface area contributed by atoms with Gasteiger partial charge in [0.15, 0.2) is 0 Å². The molecule has 1 aliphatic heterocycles. The van der Waals surface area contributed by atoms with Crippen LogP contribution in [0.4, 0.5) is 0 Å². The second-order valence-electron chi connectivity index (χ2n) is 5.94. The Morgan fingerprint density at radius 2 is 2.22 bits per heavy atom. The highest BCUT2D eigenvalue weighted by Crippen LogP contribution is 2.42. The summed E-state index contributed by atoms with van der Waals surface area (Å²) in [6.45, 7) is 5.99. The number of carbonyl (C=O) groups is 1. The number of rotatable bonds is 4. The molecule has 4 unspecified atom stereocenters. The van der Waals surface area contributed by atoms with Crippen LogP contribution in [0.15, 0.2) is 0 Å². The normalized spacial score (nSPS) is 36.1. The van der Waals surface area contributed by atoms with Gasteiger partial charge in [-0.1, -0.05) is 13.3 Å². The first-order valence-electron chi connectivity index (χ1n) is 7.31. The Balaban J connectivity index is 2.07. The van der Waals surface area contributed by atoms with E-state index in [1.165, 1.54) is 12.8 Å². The highest BCUT2D eigenvalue weighted by molar-refractivity contribution is 5.79. The van der Waals surface area contributed by atoms with Crippen LogP contribution >= 0.6 is 0 Å². The van der Waals surface area contributed by atoms with Crippen molar-refractivity contribution in [1.82, 2.24) is 4.90 Å². The van der Waals surface area contributed by atoms with Crippen molar-refractivity contribution >= 4 is 5.78 Å². The number of ketones is 1. The molecule has 2 aliphatic rings. The lowest BCUT2D eigenvalue weighted by Gasteiger charge is -2.34. The highest BCUT2D eigenvalue weighted by atomic mass is 16.1. The van der Waals surface area contributed by atoms with E-state index < -0.39 is 0 Å². The second-order valence-corrected chi connectivity index (χ2v) is 5.94. The molecule has 1 saturated heterocycles. The summed E-state index contributed by atoms with van der Waals surface area (Å²) < 4.78 is 0. The lowest BCUT2D eigenvalue weighted by Crippen LogP contribution is -2.37. The quantitative estimate of drug-likeness (QED) is 0.768. The molecule has 1 saturated carbocycles. The van der Waals surface area contributed by atoms with Gasteiger partial charge >= 0.3 is 0 Å². The Bertz CT molecular complexity index is 347. The first kappa shape index (κ1) is 13.5. The fourth-order valence-corrected chi connectivity index (χ4v) is 3.76. The monoisotopic (exact) mass is 248 g/mol. The van der Waals surface area contributed by atoms with E-state index in [4.69, 9.17) is 5.26 Å². The minimum Gasteiger partial charge on any atom is -0.300 e. The molecule has 0 aromatic heterocycles. The van der Waals surface area contributed by atoms with Gasteiger partial charge in [-0.25, -0.2) is 0 Å². The van der Waals surface area contributed by atoms with Crippen molar-refractivity contribution in [2.24, 2.45) is 17.8 Å². The summed E-state index contributed by atoms with van der Waals surface area (Å²) in [6, 6.07) is 2.97. The predicted octanol–water partition coefficient (Wildman–Crippen LogP) is 2.62. The van der Waals surface area contributed by atoms with Gasteiger partial charge in [-0.05, 0) is 45.1 Å². The third-order valence-corrected chi connectivity index (χ3v) is 4.78. The van der Waals surface area contributed by atoms with E-state index in [-0.39, 0.29) is 11.8 Å². The van der Waals surface area contributed by atoms with Crippen LogP contribution in [0.25, 0.3) is 0 Å². The Hall–Kier alpha value is -0.880. The molecule has 2 rings (SSSR count). The van der Waals surface area contributed by atoms with E-state index in [1.807, 2.05) is 0 Å². The smallest absolute Gasteiger partial charge is 0.134 e. The van der Waals surface area contributed by atoms with Crippen molar-refractivity contribution < 1.29 is 4.79 Å². The summed E-state index contributed by atoms with van der Waals surface area (Å²) in [7, 11) is 0. The number of nitriles is 1. The predicted molar refractivity (Wildman–Crippen MR) is 70.9 cm³/mol. The number of Topliss-reactive ketones (excluding diaryl/α,β-unsaturated/α-hetero) is 1. The van der Waals surface area contributed by atoms with Crippen molar-refractivity contribution in [3.05, 3.63) is 0 Å². The van der Waals surface area contributed by atoms with Gasteiger partial charge in [0.05, 0.1) is 6.07 Å². The van der Waals surface area contributed by atoms with Gasteiger partial charge in [0.25, 0.3) is 0 Å². The number of unbranched alkanes of at least 4 members (excludes halogenated alkanes) is 1. The molecule has 0 bridgehead atoms. The first-order valence-corrected chi connectivity index (χ1v) is 7.31. The van der Waals surface area contributed by atoms with Crippen LogP contribution in [0.5, 0.6) is 0 Å². The van der Waals surface area contributed by atoms with E-state index in [9.17, 15) is 4.79 Å². The van der Waals surface area contributed by atoms with Crippen LogP contribution in [-0.4, -0.2) is 29.8 Å². The standard InChI is InChI=1S/C15H24N2O/c1-3-4-7-17-10-14(11(2)18)13-8-12(9-16)5-6-15(13)17/h12-15H,3-8,10H2,1-2H3. The van der Waals surface area contributed by atoms with Crippen LogP contribution in [0.3, 0.4) is 0 Å². The Kier molecular flexibility index (Phi) is 4.40. The van der Waals surface area contributed by atoms with Crippen molar-refractivity contribution in [2.75, 3.05) is 13.1 Å². The molecule has 0 amide bonds. The van der Waals surface area contributed by atoms with Crippen molar-refractivity contribution in [3.8, 4) is 6.07 Å². The number of nitrogens with zero attached hydrogens (tertiary/aromatic N) is 2. The van der Waals surface area contributed by atoms with Crippen LogP contribution < -0.4 is 0 Å². The Labute approximate surface area is 110 Å². The van der Waals surface area contributed by atoms with Gasteiger partial charge in [-0.3, -0.25) is 9.69 Å². The zero-order chi connectivity index (χ0) is 13.1. The average molecular weight is 248 g/mol. The number of hydrogen-bond donors (Lipinski definition) is 0. The van der Waals surface area contributed by atoms with E-state index in [1.54, 1.807) is 6.92 Å². The largest absolute Gasteiger partial charge is 0.300 e. The van der Waals surface area contributed by atoms with Crippen LogP contribution in [0.2, 0.25) is 0 Å². The number of hydrogen-bond acceptors (Lipinski definition) is 3. The third kappa shape index (κ3) is 2.59. The lowest BCUT2D eigenvalue weighted by atomic mass is 9.74. The molecule has 0 aromatic rings. The molecular formula is C15H24N2O. The van der Waals surface area contributed by atoms with Gasteiger partial charge in [0.1, 0.15) is 5.78 Å². The summed E-state index contributed by atoms with van der Waals surface area (Å²) in [5.41, 5.74) is 0. The molecule has 2 fully saturated rings. The topological polar surface area (TPSA) is 44.1 Å². The summed E-state index contributed by atoms with van der Waals surface area (Å²) in [5.74, 6) is 1.13. The SMILES string of the molecule is CCCCN1CC(C(C)=O)C2CC(C#N)CCC21. The van der Waals surface area contributed by atoms with Crippen molar-refractivity contribution in [1.29, 1.82) is 5.26 Å². The molecule has 0 N–H and O–H groups in total. The molecule has 0 spiro atoms. The molecule has 1 heterocycles. The molecule has 3 nitrogen and oxygen atoms in total. The van der Waals surface area contributed by atoms with E-state index >= 15 is 0 Å². The fraction of sp³-hybridized carbons (Fsp3) is 0.867. The zero-order valence-corrected chi connectivity index (χ0v) is 11.6. The van der Waals surface area contributed by atoms with E-state index in [0.717, 1.165) is 32.4 Å². The maximum atomic E-state index is 11.8. The molecule has 100 valence electrons. The number of likely N-dealkylation sites (tertiary alicyclic amines) is 1. The lowest BCUT2D eigenvalue weighted by molar-refractivity contribution is -0.121. The summed E-state index contributed by atoms with van der Waals surface area (Å²) in [4.78, 5) is 14.3. The second kappa shape index (κ2) is 5.84. The Morgan fingerprint density at radius 1 is 1.44 bits per heavy atom. The Morgan fingerprint density at radius 3 is 2.83 bits per heavy atom. The summed E-state index contributed by atoms with van der Waals surface area (Å²) in [5, 5.41) is 9.09. The van der Waals surface area contributed by atoms with Crippen LogP contribution in [0.1, 0.15) is 46.0 Å². The molecule has 18 heavy (non-hydrogen) atoms. The third-order valence-electron chi connectivity index (χ3n) is 4.78. The van der Waals surface area contributed by atoms with E-state index in [0.29, 0.717) is 17.7 Å². The molecular weight excluding hydrogens is 224 g/mol. The van der Waals surface area contributed by atoms with Gasteiger partial charge in [0.2, 0.25) is 0 Å². The first-order chi connectivity index (χ1) is 8.67. The van der Waals surface area contributed by atoms with Gasteiger partial charge in [-0.15, -0.1) is 0 Å². The minimum absolute atomic E-state index is 0.180. The minimum atomic E-state index is 0.180. The number of fused-ring (bicyclic) bond motifs is 1. The van der Waals surface area contributed by atoms with Gasteiger partial charge in [-0.2, -0.15) is 5.26 Å². The molecule has 4 atom stereocenters. The number of carbonyl (C=O) groups excluding carboxylic acids is 1. The van der Waals surface area contributed by atoms with Crippen molar-refractivity contribution in [3.63, 3.8) is 0 Å². The highest BCUT2D eigenvalue weighted by Gasteiger charge is 2.46. The maximum Gasteiger partial charge on any atom is 0.134 e. The van der Waals surface area contributed by atoms with Gasteiger partial charge in [0, 0.05) is 24.4 Å².